The number of hydrogen-bond donors (Lipinski definition) is 3. The van der Waals surface area contributed by atoms with Crippen molar-refractivity contribution < 1.29 is 9.90 Å². The summed E-state index contributed by atoms with van der Waals surface area (Å²) in [6.07, 6.45) is 1.53. The average Bonchev–Trinajstić information content (AvgIpc) is 2.52. The van der Waals surface area contributed by atoms with Gasteiger partial charge in [0.15, 0.2) is 0 Å². The molecule has 0 saturated heterocycles. The predicted octanol–water partition coefficient (Wildman–Crippen LogP) is 3.26. The minimum atomic E-state index is -0.411. The number of nitrogens with zero attached hydrogens (tertiary/aromatic N) is 1. The number of carbonyl (C=O) groups is 1. The molecule has 2 aromatic rings. The second-order valence-electron chi connectivity index (χ2n) is 5.16. The fraction of sp³-hybridized carbons (Fsp3) is 0.176. The number of hydrazone groups is 1. The number of halogens is 1. The molecule has 0 aliphatic heterocycles. The van der Waals surface area contributed by atoms with Crippen LogP contribution in [0, 0.1) is 10.5 Å². The predicted molar refractivity (Wildman–Crippen MR) is 101 cm³/mol. The summed E-state index contributed by atoms with van der Waals surface area (Å²) in [5, 5.41) is 16.3. The Bertz CT molecular complexity index is 714. The minimum absolute atomic E-state index is 0.192. The quantitative estimate of drug-likeness (QED) is 0.393. The van der Waals surface area contributed by atoms with Crippen molar-refractivity contribution in [3.8, 4) is 5.75 Å². The van der Waals surface area contributed by atoms with E-state index < -0.39 is 6.04 Å². The first-order valence-electron chi connectivity index (χ1n) is 7.10. The maximum atomic E-state index is 12.0. The highest BCUT2D eigenvalue weighted by Gasteiger charge is 2.11. The third kappa shape index (κ3) is 5.24. The Hall–Kier alpha value is -2.09. The minimum Gasteiger partial charge on any atom is -0.508 e. The largest absolute Gasteiger partial charge is 0.508 e. The molecule has 6 heteroatoms. The summed E-state index contributed by atoms with van der Waals surface area (Å²) >= 11 is 2.27. The molecule has 0 aliphatic carbocycles. The Labute approximate surface area is 148 Å². The lowest BCUT2D eigenvalue weighted by molar-refractivity contribution is -0.121. The maximum Gasteiger partial charge on any atom is 0.262 e. The third-order valence-corrected chi connectivity index (χ3v) is 4.43. The number of phenolic OH excluding ortho intramolecular Hbond substituents is 1. The van der Waals surface area contributed by atoms with Crippen molar-refractivity contribution in [2.45, 2.75) is 19.9 Å². The number of hydrogen-bond acceptors (Lipinski definition) is 4. The molecule has 23 heavy (non-hydrogen) atoms. The third-order valence-electron chi connectivity index (χ3n) is 3.22. The van der Waals surface area contributed by atoms with Crippen molar-refractivity contribution in [3.05, 3.63) is 57.2 Å². The van der Waals surface area contributed by atoms with Gasteiger partial charge in [-0.25, -0.2) is 5.43 Å². The van der Waals surface area contributed by atoms with Crippen LogP contribution in [0.1, 0.15) is 18.1 Å². The molecule has 2 aromatic carbocycles. The van der Waals surface area contributed by atoms with Gasteiger partial charge in [-0.2, -0.15) is 5.10 Å². The number of rotatable bonds is 5. The monoisotopic (exact) mass is 423 g/mol. The number of carbonyl (C=O) groups excluding carboxylic acids is 1. The highest BCUT2D eigenvalue weighted by atomic mass is 127. The van der Waals surface area contributed by atoms with E-state index in [4.69, 9.17) is 0 Å². The SMILES string of the molecule is Cc1cc(NC(C)C(=O)NN=Cc2ccc(O)cc2)ccc1I. The molecule has 3 N–H and O–H groups in total. The first kappa shape index (κ1) is 17.3. The van der Waals surface area contributed by atoms with Crippen LogP contribution < -0.4 is 10.7 Å². The van der Waals surface area contributed by atoms with E-state index in [1.54, 1.807) is 31.2 Å². The van der Waals surface area contributed by atoms with Crippen molar-refractivity contribution >= 4 is 40.4 Å². The first-order valence-corrected chi connectivity index (χ1v) is 8.18. The number of aromatic hydroxyl groups is 1. The van der Waals surface area contributed by atoms with Crippen molar-refractivity contribution in [2.24, 2.45) is 5.10 Å². The van der Waals surface area contributed by atoms with Crippen molar-refractivity contribution in [1.82, 2.24) is 5.43 Å². The lowest BCUT2D eigenvalue weighted by atomic mass is 10.2. The van der Waals surface area contributed by atoms with E-state index in [0.717, 1.165) is 16.8 Å². The number of phenols is 1. The molecular weight excluding hydrogens is 405 g/mol. The average molecular weight is 423 g/mol. The van der Waals surface area contributed by atoms with Crippen LogP contribution >= 0.6 is 22.6 Å². The van der Waals surface area contributed by atoms with E-state index >= 15 is 0 Å². The molecular formula is C17H18IN3O2. The van der Waals surface area contributed by atoms with Gasteiger partial charge in [-0.3, -0.25) is 4.79 Å². The molecule has 0 radical (unpaired) electrons. The van der Waals surface area contributed by atoms with E-state index in [1.807, 2.05) is 25.1 Å². The number of nitrogens with one attached hydrogen (secondary N) is 2. The van der Waals surface area contributed by atoms with Gasteiger partial charge < -0.3 is 10.4 Å². The van der Waals surface area contributed by atoms with Crippen molar-refractivity contribution in [2.75, 3.05) is 5.32 Å². The number of aryl methyl sites for hydroxylation is 1. The molecule has 0 spiro atoms. The van der Waals surface area contributed by atoms with Crippen LogP contribution in [0.25, 0.3) is 0 Å². The molecule has 0 fully saturated rings. The Balaban J connectivity index is 1.89. The summed E-state index contributed by atoms with van der Waals surface area (Å²) in [6.45, 7) is 3.80. The van der Waals surface area contributed by atoms with E-state index in [2.05, 4.69) is 38.4 Å². The summed E-state index contributed by atoms with van der Waals surface area (Å²) in [5.74, 6) is -0.0342. The van der Waals surface area contributed by atoms with Crippen LogP contribution in [-0.4, -0.2) is 23.3 Å². The molecule has 120 valence electrons. The summed E-state index contributed by atoms with van der Waals surface area (Å²) in [4.78, 5) is 12.0. The van der Waals surface area contributed by atoms with Crippen LogP contribution in [0.5, 0.6) is 5.75 Å². The van der Waals surface area contributed by atoms with Gasteiger partial charge in [-0.15, -0.1) is 0 Å². The Kier molecular flexibility index (Phi) is 5.97. The summed E-state index contributed by atoms with van der Waals surface area (Å²) < 4.78 is 1.18. The zero-order valence-corrected chi connectivity index (χ0v) is 15.0. The number of anilines is 1. The van der Waals surface area contributed by atoms with E-state index in [0.29, 0.717) is 0 Å². The standard InChI is InChI=1S/C17H18IN3O2/c1-11-9-14(5-8-16(11)18)20-12(2)17(23)21-19-10-13-3-6-15(22)7-4-13/h3-10,12,20,22H,1-2H3,(H,21,23). The molecule has 0 bridgehead atoms. The Morgan fingerprint density at radius 2 is 1.96 bits per heavy atom. The van der Waals surface area contributed by atoms with Crippen LogP contribution in [0.4, 0.5) is 5.69 Å². The van der Waals surface area contributed by atoms with E-state index in [9.17, 15) is 9.90 Å². The summed E-state index contributed by atoms with van der Waals surface area (Å²) in [7, 11) is 0. The van der Waals surface area contributed by atoms with Crippen molar-refractivity contribution in [1.29, 1.82) is 0 Å². The molecule has 0 aromatic heterocycles. The van der Waals surface area contributed by atoms with Gasteiger partial charge in [0.25, 0.3) is 5.91 Å². The summed E-state index contributed by atoms with van der Waals surface area (Å²) in [6, 6.07) is 12.1. The van der Waals surface area contributed by atoms with Gasteiger partial charge in [0.1, 0.15) is 11.8 Å². The Morgan fingerprint density at radius 1 is 1.26 bits per heavy atom. The molecule has 0 saturated carbocycles. The molecule has 1 unspecified atom stereocenters. The maximum absolute atomic E-state index is 12.0. The normalized spacial score (nSPS) is 12.1. The molecule has 5 nitrogen and oxygen atoms in total. The van der Waals surface area contributed by atoms with Gasteiger partial charge in [-0.05, 0) is 90.0 Å². The Morgan fingerprint density at radius 3 is 2.61 bits per heavy atom. The van der Waals surface area contributed by atoms with Crippen LogP contribution in [0.3, 0.4) is 0 Å². The zero-order valence-electron chi connectivity index (χ0n) is 12.9. The van der Waals surface area contributed by atoms with E-state index in [1.165, 1.54) is 9.78 Å². The fourth-order valence-corrected chi connectivity index (χ4v) is 2.21. The molecule has 2 rings (SSSR count). The zero-order chi connectivity index (χ0) is 16.8. The van der Waals surface area contributed by atoms with Gasteiger partial charge in [0, 0.05) is 9.26 Å². The van der Waals surface area contributed by atoms with Gasteiger partial charge in [-0.1, -0.05) is 0 Å². The second kappa shape index (κ2) is 7.96. The van der Waals surface area contributed by atoms with Crippen LogP contribution in [0.2, 0.25) is 0 Å². The fourth-order valence-electron chi connectivity index (χ4n) is 1.88. The number of amides is 1. The van der Waals surface area contributed by atoms with Gasteiger partial charge in [0.2, 0.25) is 0 Å². The number of benzene rings is 2. The van der Waals surface area contributed by atoms with Crippen LogP contribution in [-0.2, 0) is 4.79 Å². The van der Waals surface area contributed by atoms with Gasteiger partial charge in [0.05, 0.1) is 6.21 Å². The molecule has 0 aliphatic rings. The highest BCUT2D eigenvalue weighted by molar-refractivity contribution is 14.1. The highest BCUT2D eigenvalue weighted by Crippen LogP contribution is 2.17. The second-order valence-corrected chi connectivity index (χ2v) is 6.32. The lowest BCUT2D eigenvalue weighted by Crippen LogP contribution is -2.34. The lowest BCUT2D eigenvalue weighted by Gasteiger charge is -2.14. The first-order chi connectivity index (χ1) is 11.0. The van der Waals surface area contributed by atoms with E-state index in [-0.39, 0.29) is 11.7 Å². The van der Waals surface area contributed by atoms with Gasteiger partial charge >= 0.3 is 0 Å². The smallest absolute Gasteiger partial charge is 0.262 e. The van der Waals surface area contributed by atoms with Crippen LogP contribution in [0.15, 0.2) is 47.6 Å². The van der Waals surface area contributed by atoms with Crippen molar-refractivity contribution in [3.63, 3.8) is 0 Å². The molecule has 0 heterocycles. The topological polar surface area (TPSA) is 73.7 Å². The summed E-state index contributed by atoms with van der Waals surface area (Å²) in [5.41, 5.74) is 5.34. The molecule has 1 amide bonds. The molecule has 1 atom stereocenters.